The third kappa shape index (κ3) is 11.0. The first-order valence-electron chi connectivity index (χ1n) is 17.5. The number of thiol groups is 1. The Balaban J connectivity index is 1.45. The average molecular weight is 735 g/mol. The Bertz CT molecular complexity index is 1920. The maximum absolute atomic E-state index is 13.3. The lowest BCUT2D eigenvalue weighted by Crippen LogP contribution is -2.29. The quantitative estimate of drug-likeness (QED) is 0.0439. The Morgan fingerprint density at radius 2 is 1.60 bits per heavy atom. The van der Waals surface area contributed by atoms with Gasteiger partial charge in [-0.05, 0) is 81.1 Å². The van der Waals surface area contributed by atoms with Crippen LogP contribution in [0.4, 0.5) is 10.5 Å². The normalized spacial score (nSPS) is 11.9. The highest BCUT2D eigenvalue weighted by Crippen LogP contribution is 2.43. The topological polar surface area (TPSA) is 161 Å². The van der Waals surface area contributed by atoms with Gasteiger partial charge in [0.25, 0.3) is 5.91 Å². The summed E-state index contributed by atoms with van der Waals surface area (Å²) >= 11 is 4.40. The largest absolute Gasteiger partial charge is 0.478 e. The summed E-state index contributed by atoms with van der Waals surface area (Å²) < 4.78 is 22.4. The minimum atomic E-state index is -1.11. The van der Waals surface area contributed by atoms with Crippen molar-refractivity contribution in [3.8, 4) is 22.5 Å². The SMILES string of the molecule is CC/N=c1/cc2oc3cc(NCC)c(C)cc3c(-c3cc(C(=O)NCCOCCOCCNC(=O)OCCC(C)(C)S)ccc3C(=O)O)c-2cc1C. The Kier molecular flexibility index (Phi) is 14.5. The third-order valence-corrected chi connectivity index (χ3v) is 8.45. The summed E-state index contributed by atoms with van der Waals surface area (Å²) in [6.45, 7) is 15.1. The molecule has 0 fully saturated rings. The molecule has 0 radical (unpaired) electrons. The smallest absolute Gasteiger partial charge is 0.407 e. The molecule has 280 valence electrons. The van der Waals surface area contributed by atoms with Gasteiger partial charge in [0.1, 0.15) is 11.3 Å². The molecular formula is C39H50N4O8S. The Morgan fingerprint density at radius 3 is 2.25 bits per heavy atom. The van der Waals surface area contributed by atoms with Crippen molar-refractivity contribution >= 4 is 47.3 Å². The van der Waals surface area contributed by atoms with Crippen molar-refractivity contribution < 1.29 is 38.1 Å². The lowest BCUT2D eigenvalue weighted by molar-refractivity contribution is 0.0486. The first-order chi connectivity index (χ1) is 24.8. The molecule has 0 saturated carbocycles. The van der Waals surface area contributed by atoms with Crippen molar-refractivity contribution in [1.82, 2.24) is 10.6 Å². The van der Waals surface area contributed by atoms with Crippen LogP contribution in [0.1, 0.15) is 66.0 Å². The number of nitrogens with one attached hydrogen (secondary N) is 3. The number of carboxylic acids is 1. The summed E-state index contributed by atoms with van der Waals surface area (Å²) in [5.41, 5.74) is 5.52. The van der Waals surface area contributed by atoms with Crippen molar-refractivity contribution in [1.29, 1.82) is 0 Å². The number of carbonyl (C=O) groups is 3. The molecule has 0 atom stereocenters. The van der Waals surface area contributed by atoms with Gasteiger partial charge in [0.2, 0.25) is 0 Å². The summed E-state index contributed by atoms with van der Waals surface area (Å²) in [7, 11) is 0. The number of nitrogens with zero attached hydrogens (tertiary/aromatic N) is 1. The van der Waals surface area contributed by atoms with E-state index in [-0.39, 0.29) is 36.0 Å². The minimum absolute atomic E-state index is 0.0618. The van der Waals surface area contributed by atoms with E-state index >= 15 is 0 Å². The molecule has 0 aromatic heterocycles. The lowest BCUT2D eigenvalue weighted by Gasteiger charge is -2.20. The Labute approximate surface area is 310 Å². The Hall–Kier alpha value is -4.59. The van der Waals surface area contributed by atoms with E-state index in [1.807, 2.05) is 65.8 Å². The molecule has 52 heavy (non-hydrogen) atoms. The van der Waals surface area contributed by atoms with E-state index in [1.54, 1.807) is 6.07 Å². The van der Waals surface area contributed by atoms with E-state index in [9.17, 15) is 19.5 Å². The summed E-state index contributed by atoms with van der Waals surface area (Å²) in [4.78, 5) is 42.3. The van der Waals surface area contributed by atoms with Crippen molar-refractivity contribution in [3.05, 3.63) is 70.1 Å². The van der Waals surface area contributed by atoms with Crippen LogP contribution in [-0.2, 0) is 14.2 Å². The number of hydrogen-bond donors (Lipinski definition) is 5. The van der Waals surface area contributed by atoms with Crippen LogP contribution < -0.4 is 21.3 Å². The summed E-state index contributed by atoms with van der Waals surface area (Å²) in [6, 6.07) is 12.4. The zero-order chi connectivity index (χ0) is 37.8. The minimum Gasteiger partial charge on any atom is -0.478 e. The van der Waals surface area contributed by atoms with Crippen molar-refractivity contribution in [2.24, 2.45) is 4.99 Å². The fourth-order valence-electron chi connectivity index (χ4n) is 5.61. The average Bonchev–Trinajstić information content (AvgIpc) is 3.08. The molecule has 0 spiro atoms. The van der Waals surface area contributed by atoms with Crippen molar-refractivity contribution in [3.63, 3.8) is 0 Å². The van der Waals surface area contributed by atoms with E-state index in [4.69, 9.17) is 18.6 Å². The molecule has 2 aromatic rings. The number of hydrogen-bond acceptors (Lipinski definition) is 10. The van der Waals surface area contributed by atoms with Gasteiger partial charge in [0, 0.05) is 70.8 Å². The van der Waals surface area contributed by atoms with Gasteiger partial charge >= 0.3 is 12.1 Å². The van der Waals surface area contributed by atoms with Crippen LogP contribution >= 0.6 is 12.6 Å². The van der Waals surface area contributed by atoms with Gasteiger partial charge in [-0.25, -0.2) is 9.59 Å². The van der Waals surface area contributed by atoms with Crippen LogP contribution in [0.15, 0.2) is 51.9 Å². The Morgan fingerprint density at radius 1 is 0.885 bits per heavy atom. The van der Waals surface area contributed by atoms with E-state index in [2.05, 4.69) is 33.6 Å². The zero-order valence-corrected chi connectivity index (χ0v) is 31.7. The first kappa shape index (κ1) is 40.2. The maximum atomic E-state index is 13.3. The fraction of sp³-hybridized carbons (Fsp3) is 0.436. The molecule has 2 aromatic carbocycles. The van der Waals surface area contributed by atoms with Gasteiger partial charge in [0.15, 0.2) is 0 Å². The standard InChI is InChI=1S/C39H50N4O8S/c1-7-40-31-22-33-29(19-24(31)3)35(30-20-25(4)32(41-8-2)23-34(30)51-33)28-21-26(9-10-27(28)37(45)46)36(44)42-12-15-48-17-18-49-16-13-43-38(47)50-14-11-39(5,6)52/h9-10,19-23,40,52H,7-8,11-18H2,1-6H3,(H,42,44)(H,43,47)(H,45,46)/b41-32-. The predicted molar refractivity (Wildman–Crippen MR) is 206 cm³/mol. The van der Waals surface area contributed by atoms with Gasteiger partial charge in [-0.2, -0.15) is 12.6 Å². The second-order valence-corrected chi connectivity index (χ2v) is 14.2. The van der Waals surface area contributed by atoms with Gasteiger partial charge in [-0.3, -0.25) is 9.79 Å². The number of benzene rings is 3. The number of aromatic carboxylic acids is 1. The van der Waals surface area contributed by atoms with Crippen LogP contribution in [-0.4, -0.2) is 87.0 Å². The molecule has 12 nitrogen and oxygen atoms in total. The first-order valence-corrected chi connectivity index (χ1v) is 18.0. The van der Waals surface area contributed by atoms with Crippen LogP contribution in [0.25, 0.3) is 33.4 Å². The summed E-state index contributed by atoms with van der Waals surface area (Å²) in [5.74, 6) is -0.921. The van der Waals surface area contributed by atoms with E-state index < -0.39 is 12.1 Å². The number of fused-ring (bicyclic) bond motifs is 2. The molecule has 4 N–H and O–H groups in total. The second-order valence-electron chi connectivity index (χ2n) is 13.0. The third-order valence-electron chi connectivity index (χ3n) is 8.23. The number of aryl methyl sites for hydroxylation is 2. The van der Waals surface area contributed by atoms with E-state index in [0.29, 0.717) is 67.4 Å². The predicted octanol–water partition coefficient (Wildman–Crippen LogP) is 6.46. The molecule has 0 saturated heterocycles. The number of alkyl carbamates (subject to hydrolysis) is 1. The second kappa shape index (κ2) is 18.8. The summed E-state index contributed by atoms with van der Waals surface area (Å²) in [5, 5.41) is 20.7. The molecular weight excluding hydrogens is 685 g/mol. The number of amides is 2. The number of anilines is 1. The molecule has 1 aliphatic carbocycles. The van der Waals surface area contributed by atoms with Crippen molar-refractivity contribution in [2.45, 2.75) is 52.7 Å². The van der Waals surface area contributed by atoms with Crippen LogP contribution in [0.5, 0.6) is 0 Å². The summed E-state index contributed by atoms with van der Waals surface area (Å²) in [6.07, 6.45) is 0.143. The lowest BCUT2D eigenvalue weighted by atomic mass is 9.88. The molecule has 4 rings (SSSR count). The van der Waals surface area contributed by atoms with Crippen molar-refractivity contribution in [2.75, 3.05) is 64.5 Å². The van der Waals surface area contributed by atoms with Gasteiger partial charge < -0.3 is 39.7 Å². The molecule has 1 heterocycles. The monoisotopic (exact) mass is 734 g/mol. The zero-order valence-electron chi connectivity index (χ0n) is 30.8. The molecule has 1 aliphatic heterocycles. The van der Waals surface area contributed by atoms with Gasteiger partial charge in [-0.15, -0.1) is 0 Å². The molecule has 0 bridgehead atoms. The maximum Gasteiger partial charge on any atom is 0.407 e. The molecule has 0 unspecified atom stereocenters. The van der Waals surface area contributed by atoms with Crippen LogP contribution in [0.3, 0.4) is 0 Å². The molecule has 2 amide bonds. The number of carboxylic acid groups (broad SMARTS) is 1. The van der Waals surface area contributed by atoms with E-state index in [1.165, 1.54) is 12.1 Å². The van der Waals surface area contributed by atoms with Crippen LogP contribution in [0.2, 0.25) is 0 Å². The highest BCUT2D eigenvalue weighted by Gasteiger charge is 2.24. The molecule has 2 aliphatic rings. The molecule has 13 heteroatoms. The van der Waals surface area contributed by atoms with E-state index in [0.717, 1.165) is 39.7 Å². The van der Waals surface area contributed by atoms with Crippen LogP contribution in [0, 0.1) is 13.8 Å². The van der Waals surface area contributed by atoms with Gasteiger partial charge in [0.05, 0.1) is 44.0 Å². The fourth-order valence-corrected chi connectivity index (χ4v) is 5.70. The van der Waals surface area contributed by atoms with Gasteiger partial charge in [-0.1, -0.05) is 13.8 Å². The number of carbonyl (C=O) groups excluding carboxylic acids is 2. The number of ether oxygens (including phenoxy) is 3. The highest BCUT2D eigenvalue weighted by molar-refractivity contribution is 7.81. The highest BCUT2D eigenvalue weighted by atomic mass is 32.1. The number of rotatable bonds is 18.